The molecule has 2 heterocycles. The number of rotatable bonds is 2. The van der Waals surface area contributed by atoms with Gasteiger partial charge in [-0.1, -0.05) is 40.9 Å². The Labute approximate surface area is 122 Å². The minimum atomic E-state index is -2.00. The van der Waals surface area contributed by atoms with Crippen LogP contribution in [0.2, 0.25) is 0 Å². The van der Waals surface area contributed by atoms with Crippen LogP contribution in [0, 0.1) is 0 Å². The number of aromatic nitrogens is 2. The number of carbonyl (C=O) groups excluding carboxylic acids is 1. The van der Waals surface area contributed by atoms with Gasteiger partial charge in [-0.25, -0.2) is 4.98 Å². The van der Waals surface area contributed by atoms with Gasteiger partial charge in [-0.2, -0.15) is 0 Å². The van der Waals surface area contributed by atoms with E-state index in [0.29, 0.717) is 16.5 Å². The van der Waals surface area contributed by atoms with Crippen molar-refractivity contribution in [1.82, 2.24) is 9.97 Å². The Bertz CT molecular complexity index is 553. The van der Waals surface area contributed by atoms with Crippen LogP contribution in [-0.4, -0.2) is 19.7 Å². The van der Waals surface area contributed by atoms with Gasteiger partial charge in [0.15, 0.2) is 5.13 Å². The lowest BCUT2D eigenvalue weighted by Crippen LogP contribution is -2.26. The Kier molecular flexibility index (Phi) is 4.07. The molecule has 0 spiro atoms. The van der Waals surface area contributed by atoms with Crippen LogP contribution in [0.5, 0.6) is 0 Å². The fourth-order valence-electron chi connectivity index (χ4n) is 1.13. The molecule has 0 aliphatic heterocycles. The number of nitrogens with zero attached hydrogens (tertiary/aromatic N) is 2. The molecule has 4 nitrogen and oxygen atoms in total. The van der Waals surface area contributed by atoms with E-state index in [1.165, 1.54) is 11.3 Å². The van der Waals surface area contributed by atoms with Gasteiger partial charge in [-0.3, -0.25) is 15.1 Å². The first-order valence-electron chi connectivity index (χ1n) is 4.72. The van der Waals surface area contributed by atoms with Crippen molar-refractivity contribution in [2.24, 2.45) is 0 Å². The molecule has 8 heteroatoms. The minimum absolute atomic E-state index is 0.354. The normalized spacial score (nSPS) is 11.3. The van der Waals surface area contributed by atoms with E-state index in [1.807, 2.05) is 12.1 Å². The molecule has 0 aromatic carbocycles. The molecule has 0 bridgehead atoms. The van der Waals surface area contributed by atoms with Crippen molar-refractivity contribution < 1.29 is 4.79 Å². The summed E-state index contributed by atoms with van der Waals surface area (Å²) in [5.74, 6) is -0.741. The molecule has 0 aliphatic rings. The highest BCUT2D eigenvalue weighted by Crippen LogP contribution is 2.29. The van der Waals surface area contributed by atoms with Crippen LogP contribution in [0.4, 0.5) is 5.13 Å². The lowest BCUT2D eigenvalue weighted by molar-refractivity contribution is -0.115. The number of nitrogens with one attached hydrogen (secondary N) is 1. The lowest BCUT2D eigenvalue weighted by atomic mass is 10.3. The predicted molar refractivity (Wildman–Crippen MR) is 74.3 cm³/mol. The summed E-state index contributed by atoms with van der Waals surface area (Å²) in [5, 5.41) is 4.53. The quantitative estimate of drug-likeness (QED) is 0.861. The van der Waals surface area contributed by atoms with Crippen molar-refractivity contribution in [3.05, 3.63) is 29.8 Å². The van der Waals surface area contributed by atoms with E-state index in [1.54, 1.807) is 17.6 Å². The lowest BCUT2D eigenvalue weighted by Gasteiger charge is -2.08. The van der Waals surface area contributed by atoms with E-state index in [9.17, 15) is 4.79 Å². The Morgan fingerprint density at radius 3 is 2.67 bits per heavy atom. The van der Waals surface area contributed by atoms with Crippen LogP contribution in [0.25, 0.3) is 11.4 Å². The molecule has 0 unspecified atom stereocenters. The van der Waals surface area contributed by atoms with Crippen molar-refractivity contribution in [2.45, 2.75) is 3.79 Å². The molecule has 0 atom stereocenters. The molecule has 0 aliphatic carbocycles. The summed E-state index contributed by atoms with van der Waals surface area (Å²) in [5.41, 5.74) is 1.36. The van der Waals surface area contributed by atoms with Gasteiger partial charge in [0.25, 0.3) is 9.70 Å². The first kappa shape index (κ1) is 13.5. The van der Waals surface area contributed by atoms with E-state index in [0.717, 1.165) is 0 Å². The maximum absolute atomic E-state index is 11.4. The number of halogens is 3. The molecule has 0 fully saturated rings. The fraction of sp³-hybridized carbons (Fsp3) is 0.100. The third-order valence-electron chi connectivity index (χ3n) is 1.91. The van der Waals surface area contributed by atoms with Crippen molar-refractivity contribution in [2.75, 3.05) is 5.32 Å². The Balaban J connectivity index is 2.15. The zero-order chi connectivity index (χ0) is 13.2. The largest absolute Gasteiger partial charge is 0.298 e. The van der Waals surface area contributed by atoms with Crippen molar-refractivity contribution in [3.8, 4) is 11.4 Å². The number of hydrogen-bond acceptors (Lipinski definition) is 4. The summed E-state index contributed by atoms with van der Waals surface area (Å²) in [6, 6.07) is 5.47. The van der Waals surface area contributed by atoms with Gasteiger partial charge in [0.2, 0.25) is 0 Å². The molecule has 2 aromatic heterocycles. The summed E-state index contributed by atoms with van der Waals surface area (Å²) < 4.78 is -2.00. The van der Waals surface area contributed by atoms with Gasteiger partial charge >= 0.3 is 0 Å². The summed E-state index contributed by atoms with van der Waals surface area (Å²) in [6.45, 7) is 0. The Morgan fingerprint density at radius 2 is 2.06 bits per heavy atom. The van der Waals surface area contributed by atoms with Crippen LogP contribution in [0.1, 0.15) is 0 Å². The van der Waals surface area contributed by atoms with Crippen LogP contribution < -0.4 is 5.32 Å². The molecule has 1 amide bonds. The third-order valence-corrected chi connectivity index (χ3v) is 3.18. The maximum Gasteiger partial charge on any atom is 0.278 e. The smallest absolute Gasteiger partial charge is 0.278 e. The van der Waals surface area contributed by atoms with Gasteiger partial charge in [0, 0.05) is 11.6 Å². The minimum Gasteiger partial charge on any atom is -0.298 e. The number of anilines is 1. The van der Waals surface area contributed by atoms with Crippen molar-refractivity contribution >= 4 is 57.2 Å². The van der Waals surface area contributed by atoms with Crippen LogP contribution >= 0.6 is 46.1 Å². The maximum atomic E-state index is 11.4. The molecule has 18 heavy (non-hydrogen) atoms. The zero-order valence-electron chi connectivity index (χ0n) is 8.73. The summed E-state index contributed by atoms with van der Waals surface area (Å²) in [6.07, 6.45) is 1.66. The molecule has 2 aromatic rings. The van der Waals surface area contributed by atoms with Crippen molar-refractivity contribution in [1.29, 1.82) is 0 Å². The number of thiazole rings is 1. The molecule has 1 N–H and O–H groups in total. The molecule has 0 radical (unpaired) electrons. The summed E-state index contributed by atoms with van der Waals surface area (Å²) in [4.78, 5) is 19.7. The molecule has 0 saturated carbocycles. The van der Waals surface area contributed by atoms with Gasteiger partial charge in [-0.15, -0.1) is 11.3 Å². The number of alkyl halides is 3. The molecular formula is C10H6Cl3N3OS. The Morgan fingerprint density at radius 1 is 1.28 bits per heavy atom. The number of amides is 1. The fourth-order valence-corrected chi connectivity index (χ4v) is 1.97. The summed E-state index contributed by atoms with van der Waals surface area (Å²) in [7, 11) is 0. The first-order chi connectivity index (χ1) is 8.47. The van der Waals surface area contributed by atoms with Gasteiger partial charge in [-0.05, 0) is 12.1 Å². The average molecular weight is 323 g/mol. The van der Waals surface area contributed by atoms with Gasteiger partial charge < -0.3 is 0 Å². The highest BCUT2D eigenvalue weighted by atomic mass is 35.6. The number of pyridine rings is 1. The predicted octanol–water partition coefficient (Wildman–Crippen LogP) is 3.51. The molecular weight excluding hydrogens is 317 g/mol. The van der Waals surface area contributed by atoms with Crippen molar-refractivity contribution in [3.63, 3.8) is 0 Å². The SMILES string of the molecule is O=C(Nc1nc(-c2ccccn2)cs1)C(Cl)(Cl)Cl. The second kappa shape index (κ2) is 5.40. The Hall–Kier alpha value is -0.880. The third kappa shape index (κ3) is 3.32. The standard InChI is InChI=1S/C10H6Cl3N3OS/c11-10(12,13)8(17)16-9-15-7(5-18-9)6-3-1-2-4-14-6/h1-5H,(H,15,16,17). The van der Waals surface area contributed by atoms with Crippen LogP contribution in [0.3, 0.4) is 0 Å². The van der Waals surface area contributed by atoms with Gasteiger partial charge in [0.05, 0.1) is 5.69 Å². The highest BCUT2D eigenvalue weighted by Gasteiger charge is 2.31. The second-order valence-electron chi connectivity index (χ2n) is 3.20. The topological polar surface area (TPSA) is 54.9 Å². The van der Waals surface area contributed by atoms with E-state index in [2.05, 4.69) is 15.3 Å². The van der Waals surface area contributed by atoms with E-state index in [-0.39, 0.29) is 0 Å². The average Bonchev–Trinajstić information content (AvgIpc) is 2.77. The number of carbonyl (C=O) groups is 1. The molecule has 0 saturated heterocycles. The van der Waals surface area contributed by atoms with E-state index < -0.39 is 9.70 Å². The molecule has 2 rings (SSSR count). The van der Waals surface area contributed by atoms with Gasteiger partial charge in [0.1, 0.15) is 5.69 Å². The van der Waals surface area contributed by atoms with E-state index in [4.69, 9.17) is 34.8 Å². The second-order valence-corrected chi connectivity index (χ2v) is 6.34. The monoisotopic (exact) mass is 321 g/mol. The highest BCUT2D eigenvalue weighted by molar-refractivity contribution is 7.14. The number of hydrogen-bond donors (Lipinski definition) is 1. The zero-order valence-corrected chi connectivity index (χ0v) is 11.8. The van der Waals surface area contributed by atoms with Crippen LogP contribution in [0.15, 0.2) is 29.8 Å². The van der Waals surface area contributed by atoms with E-state index >= 15 is 0 Å². The first-order valence-corrected chi connectivity index (χ1v) is 6.73. The summed E-state index contributed by atoms with van der Waals surface area (Å²) >= 11 is 17.6. The van der Waals surface area contributed by atoms with Crippen LogP contribution in [-0.2, 0) is 4.79 Å². The molecule has 94 valence electrons.